The summed E-state index contributed by atoms with van der Waals surface area (Å²) in [4.78, 5) is 27.7. The van der Waals surface area contributed by atoms with Gasteiger partial charge in [0.25, 0.3) is 11.8 Å². The standard InChI is InChI=1S/C32H34N4O3/c1-6-7-11-16-35-31(37)27(23(5)28(19-33)32(35)38)18-25-20-36(26-12-9-8-10-13-26)34-30(25)24-14-15-29(22(4)17-24)39-21(2)3/h8-10,12-15,17-18,20-21H,6-7,11,16H2,1-5H3/b27-18+. The second-order valence-corrected chi connectivity index (χ2v) is 10.00. The number of hydrogen-bond donors (Lipinski definition) is 0. The number of amides is 2. The summed E-state index contributed by atoms with van der Waals surface area (Å²) in [6, 6.07) is 17.7. The highest BCUT2D eigenvalue weighted by atomic mass is 16.5. The Morgan fingerprint density at radius 3 is 2.44 bits per heavy atom. The van der Waals surface area contributed by atoms with E-state index in [2.05, 4.69) is 6.92 Å². The van der Waals surface area contributed by atoms with Gasteiger partial charge in [-0.25, -0.2) is 4.68 Å². The molecule has 0 saturated heterocycles. The van der Waals surface area contributed by atoms with E-state index in [9.17, 15) is 14.9 Å². The molecule has 0 aliphatic carbocycles. The smallest absolute Gasteiger partial charge is 0.271 e. The number of carbonyl (C=O) groups excluding carboxylic acids is 2. The van der Waals surface area contributed by atoms with Gasteiger partial charge >= 0.3 is 0 Å². The third-order valence-corrected chi connectivity index (χ3v) is 6.68. The summed E-state index contributed by atoms with van der Waals surface area (Å²) >= 11 is 0. The second kappa shape index (κ2) is 12.0. The number of benzene rings is 2. The number of rotatable bonds is 9. The zero-order chi connectivity index (χ0) is 28.1. The molecular weight excluding hydrogens is 488 g/mol. The van der Waals surface area contributed by atoms with Crippen molar-refractivity contribution >= 4 is 17.9 Å². The minimum atomic E-state index is -0.523. The van der Waals surface area contributed by atoms with Gasteiger partial charge in [0.1, 0.15) is 17.4 Å². The second-order valence-electron chi connectivity index (χ2n) is 10.00. The molecule has 7 nitrogen and oxygen atoms in total. The third-order valence-electron chi connectivity index (χ3n) is 6.68. The van der Waals surface area contributed by atoms with Gasteiger partial charge in [-0.05, 0) is 81.7 Å². The van der Waals surface area contributed by atoms with Crippen LogP contribution in [0, 0.1) is 18.3 Å². The van der Waals surface area contributed by atoms with E-state index in [1.165, 1.54) is 4.90 Å². The number of nitrogens with zero attached hydrogens (tertiary/aromatic N) is 4. The number of nitriles is 1. The van der Waals surface area contributed by atoms with Crippen LogP contribution in [0.4, 0.5) is 0 Å². The molecule has 0 bridgehead atoms. The molecule has 0 radical (unpaired) electrons. The Kier molecular flexibility index (Phi) is 8.46. The first-order valence-electron chi connectivity index (χ1n) is 13.4. The Labute approximate surface area is 230 Å². The Balaban J connectivity index is 1.86. The quantitative estimate of drug-likeness (QED) is 0.184. The van der Waals surface area contributed by atoms with Crippen molar-refractivity contribution in [1.29, 1.82) is 5.26 Å². The van der Waals surface area contributed by atoms with Gasteiger partial charge in [-0.2, -0.15) is 10.4 Å². The van der Waals surface area contributed by atoms with E-state index < -0.39 is 5.91 Å². The molecule has 0 unspecified atom stereocenters. The van der Waals surface area contributed by atoms with Crippen LogP contribution >= 0.6 is 0 Å². The maximum absolute atomic E-state index is 13.6. The predicted octanol–water partition coefficient (Wildman–Crippen LogP) is 6.42. The van der Waals surface area contributed by atoms with E-state index in [-0.39, 0.29) is 24.1 Å². The Morgan fingerprint density at radius 2 is 1.79 bits per heavy atom. The molecule has 0 atom stereocenters. The van der Waals surface area contributed by atoms with Crippen LogP contribution in [0.1, 0.15) is 58.1 Å². The van der Waals surface area contributed by atoms with E-state index in [1.54, 1.807) is 17.7 Å². The first-order chi connectivity index (χ1) is 18.7. The first-order valence-corrected chi connectivity index (χ1v) is 13.4. The zero-order valence-electron chi connectivity index (χ0n) is 23.2. The third kappa shape index (κ3) is 5.85. The lowest BCUT2D eigenvalue weighted by atomic mass is 9.93. The fourth-order valence-corrected chi connectivity index (χ4v) is 4.62. The van der Waals surface area contributed by atoms with Crippen LogP contribution in [0.15, 0.2) is 71.4 Å². The van der Waals surface area contributed by atoms with Crippen molar-refractivity contribution in [2.24, 2.45) is 0 Å². The number of hydrogen-bond acceptors (Lipinski definition) is 5. The summed E-state index contributed by atoms with van der Waals surface area (Å²) in [6.45, 7) is 9.97. The molecule has 4 rings (SSSR count). The largest absolute Gasteiger partial charge is 0.491 e. The zero-order valence-corrected chi connectivity index (χ0v) is 23.2. The minimum absolute atomic E-state index is 0.000353. The van der Waals surface area contributed by atoms with Crippen molar-refractivity contribution in [2.75, 3.05) is 6.54 Å². The number of carbonyl (C=O) groups is 2. The van der Waals surface area contributed by atoms with E-state index in [0.29, 0.717) is 28.8 Å². The SMILES string of the molecule is CCCCCN1C(=O)C(C#N)=C(C)/C(=C\c2cn(-c3ccccc3)nc2-c2ccc(OC(C)C)c(C)c2)C1=O. The normalized spacial score (nSPS) is 14.9. The Morgan fingerprint density at radius 1 is 1.05 bits per heavy atom. The Hall–Kier alpha value is -4.44. The van der Waals surface area contributed by atoms with Crippen LogP contribution in [0.2, 0.25) is 0 Å². The summed E-state index contributed by atoms with van der Waals surface area (Å²) in [5.41, 5.74) is 4.81. The van der Waals surface area contributed by atoms with Crippen LogP contribution in [-0.4, -0.2) is 39.1 Å². The van der Waals surface area contributed by atoms with Crippen molar-refractivity contribution in [3.05, 3.63) is 82.6 Å². The van der Waals surface area contributed by atoms with Crippen LogP contribution in [0.25, 0.3) is 23.0 Å². The van der Waals surface area contributed by atoms with Crippen LogP contribution in [0.5, 0.6) is 5.75 Å². The van der Waals surface area contributed by atoms with Crippen LogP contribution in [0.3, 0.4) is 0 Å². The maximum Gasteiger partial charge on any atom is 0.271 e. The van der Waals surface area contributed by atoms with E-state index in [1.807, 2.05) is 81.6 Å². The van der Waals surface area contributed by atoms with Gasteiger partial charge in [-0.15, -0.1) is 0 Å². The summed E-state index contributed by atoms with van der Waals surface area (Å²) < 4.78 is 7.70. The van der Waals surface area contributed by atoms with Gasteiger partial charge in [0.2, 0.25) is 0 Å². The van der Waals surface area contributed by atoms with E-state index >= 15 is 0 Å². The molecule has 1 aromatic heterocycles. The lowest BCUT2D eigenvalue weighted by molar-refractivity contribution is -0.140. The lowest BCUT2D eigenvalue weighted by Gasteiger charge is -2.27. The molecule has 39 heavy (non-hydrogen) atoms. The van der Waals surface area contributed by atoms with Gasteiger partial charge in [-0.3, -0.25) is 14.5 Å². The molecule has 0 saturated carbocycles. The monoisotopic (exact) mass is 522 g/mol. The molecule has 7 heteroatoms. The molecule has 0 spiro atoms. The van der Waals surface area contributed by atoms with Gasteiger partial charge < -0.3 is 4.74 Å². The van der Waals surface area contributed by atoms with Crippen molar-refractivity contribution < 1.29 is 14.3 Å². The number of aryl methyl sites for hydroxylation is 1. The molecule has 2 heterocycles. The fourth-order valence-electron chi connectivity index (χ4n) is 4.62. The fraction of sp³-hybridized carbons (Fsp3) is 0.312. The number of ether oxygens (including phenoxy) is 1. The number of unbranched alkanes of at least 4 members (excludes halogenated alkanes) is 2. The number of aromatic nitrogens is 2. The summed E-state index contributed by atoms with van der Waals surface area (Å²) in [5.74, 6) is -0.107. The van der Waals surface area contributed by atoms with Crippen LogP contribution in [-0.2, 0) is 9.59 Å². The average molecular weight is 523 g/mol. The highest BCUT2D eigenvalue weighted by Gasteiger charge is 2.35. The molecular formula is C32H34N4O3. The molecule has 200 valence electrons. The molecule has 3 aromatic rings. The topological polar surface area (TPSA) is 88.2 Å². The van der Waals surface area contributed by atoms with Crippen LogP contribution < -0.4 is 4.74 Å². The average Bonchev–Trinajstić information content (AvgIpc) is 3.34. The first kappa shape index (κ1) is 27.6. The van der Waals surface area contributed by atoms with E-state index in [0.717, 1.165) is 35.4 Å². The predicted molar refractivity (Wildman–Crippen MR) is 152 cm³/mol. The van der Waals surface area contributed by atoms with Gasteiger partial charge in [0.15, 0.2) is 0 Å². The molecule has 2 aromatic carbocycles. The minimum Gasteiger partial charge on any atom is -0.491 e. The summed E-state index contributed by atoms with van der Waals surface area (Å²) in [5, 5.41) is 14.7. The van der Waals surface area contributed by atoms with Gasteiger partial charge in [0.05, 0.1) is 17.5 Å². The summed E-state index contributed by atoms with van der Waals surface area (Å²) in [7, 11) is 0. The van der Waals surface area contributed by atoms with Crippen molar-refractivity contribution in [1.82, 2.24) is 14.7 Å². The van der Waals surface area contributed by atoms with Crippen molar-refractivity contribution in [2.45, 2.75) is 60.0 Å². The lowest BCUT2D eigenvalue weighted by Crippen LogP contribution is -2.43. The molecule has 1 aliphatic rings. The van der Waals surface area contributed by atoms with Gasteiger partial charge in [0, 0.05) is 29.4 Å². The highest BCUT2D eigenvalue weighted by molar-refractivity contribution is 6.19. The molecule has 0 N–H and O–H groups in total. The molecule has 0 fully saturated rings. The van der Waals surface area contributed by atoms with E-state index in [4.69, 9.17) is 9.84 Å². The highest BCUT2D eigenvalue weighted by Crippen LogP contribution is 2.33. The summed E-state index contributed by atoms with van der Waals surface area (Å²) in [6.07, 6.45) is 6.23. The van der Waals surface area contributed by atoms with Crippen molar-refractivity contribution in [3.8, 4) is 28.8 Å². The maximum atomic E-state index is 13.6. The van der Waals surface area contributed by atoms with Gasteiger partial charge in [-0.1, -0.05) is 38.0 Å². The Bertz CT molecular complexity index is 1490. The number of imide groups is 1. The molecule has 2 amide bonds. The molecule has 1 aliphatic heterocycles. The number of para-hydroxylation sites is 1. The van der Waals surface area contributed by atoms with Crippen molar-refractivity contribution in [3.63, 3.8) is 0 Å².